The van der Waals surface area contributed by atoms with Crippen molar-refractivity contribution in [1.82, 2.24) is 19.9 Å². The second-order valence-electron chi connectivity index (χ2n) is 7.18. The molecule has 0 saturated heterocycles. The van der Waals surface area contributed by atoms with Crippen LogP contribution in [-0.4, -0.2) is 40.9 Å². The fourth-order valence-corrected chi connectivity index (χ4v) is 5.83. The van der Waals surface area contributed by atoms with E-state index in [4.69, 9.17) is 23.2 Å². The monoisotopic (exact) mass is 726 g/mol. The highest BCUT2D eigenvalue weighted by Crippen LogP contribution is 2.26. The second-order valence-corrected chi connectivity index (χ2v) is 12.4. The van der Waals surface area contributed by atoms with Gasteiger partial charge in [-0.2, -0.15) is 4.98 Å². The maximum atomic E-state index is 13.0. The van der Waals surface area contributed by atoms with E-state index in [-0.39, 0.29) is 25.5 Å². The van der Waals surface area contributed by atoms with Crippen molar-refractivity contribution in [3.05, 3.63) is 79.4 Å². The van der Waals surface area contributed by atoms with Gasteiger partial charge in [0.2, 0.25) is 11.9 Å². The van der Waals surface area contributed by atoms with Crippen LogP contribution in [0, 0.1) is 11.6 Å². The molecule has 8 nitrogen and oxygen atoms in total. The molecular weight excluding hydrogens is 713 g/mol. The van der Waals surface area contributed by atoms with Crippen molar-refractivity contribution in [2.24, 2.45) is 0 Å². The van der Waals surface area contributed by atoms with E-state index in [0.717, 1.165) is 15.8 Å². The molecule has 38 heavy (non-hydrogen) atoms. The van der Waals surface area contributed by atoms with Crippen molar-refractivity contribution >= 4 is 99.9 Å². The Morgan fingerprint density at radius 2 is 1.32 bits per heavy atom. The van der Waals surface area contributed by atoms with Gasteiger partial charge in [-0.25, -0.2) is 32.2 Å². The highest BCUT2D eigenvalue weighted by Gasteiger charge is 2.16. The molecule has 4 aromatic rings. The van der Waals surface area contributed by atoms with Crippen molar-refractivity contribution in [1.29, 1.82) is 0 Å². The van der Waals surface area contributed by atoms with Crippen LogP contribution in [0.25, 0.3) is 0 Å². The van der Waals surface area contributed by atoms with E-state index < -0.39 is 21.5 Å². The molecule has 0 aliphatic rings. The van der Waals surface area contributed by atoms with E-state index in [1.54, 1.807) is 12.3 Å². The second kappa shape index (κ2) is 13.3. The summed E-state index contributed by atoms with van der Waals surface area (Å²) in [5.74, 6) is -0.504. The van der Waals surface area contributed by atoms with E-state index in [9.17, 15) is 17.2 Å². The Morgan fingerprint density at radius 1 is 0.842 bits per heavy atom. The smallest absolute Gasteiger partial charge is 0.228 e. The Labute approximate surface area is 248 Å². The summed E-state index contributed by atoms with van der Waals surface area (Å²) in [6.07, 6.45) is 5.94. The summed E-state index contributed by atoms with van der Waals surface area (Å²) < 4.78 is 50.2. The minimum atomic E-state index is -3.49. The molecule has 0 unspecified atom stereocenters. The van der Waals surface area contributed by atoms with Gasteiger partial charge in [0.15, 0.2) is 14.9 Å². The van der Waals surface area contributed by atoms with Crippen LogP contribution in [0.1, 0.15) is 0 Å². The minimum absolute atomic E-state index is 0.0576. The van der Waals surface area contributed by atoms with E-state index in [0.29, 0.717) is 17.3 Å². The number of anilines is 4. The summed E-state index contributed by atoms with van der Waals surface area (Å²) in [6, 6.07) is 8.32. The quantitative estimate of drug-likeness (QED) is 0.153. The SMILES string of the molecule is CS(=O)(=O)c1nc(Nc2ccc(F)c(Cl)c2)ncc1Br.CSc1nc(Nc2ccc(F)c(Cl)c2)ncc1Br. The molecule has 0 radical (unpaired) electrons. The molecule has 0 aliphatic carbocycles. The number of sulfone groups is 1. The van der Waals surface area contributed by atoms with Crippen LogP contribution >= 0.6 is 66.8 Å². The lowest BCUT2D eigenvalue weighted by atomic mass is 10.3. The predicted octanol–water partition coefficient (Wildman–Crippen LogP) is 7.68. The Balaban J connectivity index is 0.000000212. The number of nitrogens with zero attached hydrogens (tertiary/aromatic N) is 4. The van der Waals surface area contributed by atoms with Crippen molar-refractivity contribution < 1.29 is 17.2 Å². The Kier molecular flexibility index (Phi) is 10.7. The molecular formula is C22H16Br2Cl2F2N6O2S2. The molecule has 0 atom stereocenters. The largest absolute Gasteiger partial charge is 0.324 e. The fraction of sp³-hybridized carbons (Fsp3) is 0.0909. The van der Waals surface area contributed by atoms with Crippen LogP contribution < -0.4 is 10.6 Å². The standard InChI is InChI=1S/C11H8BrClFN3O2S.C11H8BrClFN3S/c1-20(18,19)10-7(12)5-15-11(17-10)16-6-2-3-9(14)8(13)4-6;1-18-10-7(12)5-15-11(17-10)16-6-2-3-9(14)8(13)4-6/h2-5H,1H3,(H,15,16,17);2-5H,1H3,(H,15,16,17). The number of thioether (sulfide) groups is 1. The van der Waals surface area contributed by atoms with E-state index in [2.05, 4.69) is 62.4 Å². The van der Waals surface area contributed by atoms with Crippen LogP contribution in [0.3, 0.4) is 0 Å². The Morgan fingerprint density at radius 3 is 1.76 bits per heavy atom. The summed E-state index contributed by atoms with van der Waals surface area (Å²) in [5.41, 5.74) is 1.08. The van der Waals surface area contributed by atoms with Crippen LogP contribution in [0.4, 0.5) is 32.1 Å². The zero-order chi connectivity index (χ0) is 28.0. The molecule has 2 N–H and O–H groups in total. The molecule has 0 amide bonds. The van der Waals surface area contributed by atoms with E-state index >= 15 is 0 Å². The number of hydrogen-bond acceptors (Lipinski definition) is 9. The van der Waals surface area contributed by atoms with Gasteiger partial charge in [0, 0.05) is 30.0 Å². The van der Waals surface area contributed by atoms with Gasteiger partial charge in [-0.05, 0) is 74.5 Å². The first-order chi connectivity index (χ1) is 17.9. The zero-order valence-electron chi connectivity index (χ0n) is 19.3. The van der Waals surface area contributed by atoms with Gasteiger partial charge in [-0.15, -0.1) is 11.8 Å². The zero-order valence-corrected chi connectivity index (χ0v) is 25.6. The number of aromatic nitrogens is 4. The van der Waals surface area contributed by atoms with Crippen molar-refractivity contribution in [3.63, 3.8) is 0 Å². The molecule has 4 rings (SSSR count). The minimum Gasteiger partial charge on any atom is -0.324 e. The van der Waals surface area contributed by atoms with E-state index in [1.165, 1.54) is 48.3 Å². The lowest BCUT2D eigenvalue weighted by molar-refractivity contribution is 0.597. The summed E-state index contributed by atoms with van der Waals surface area (Å²) >= 11 is 19.3. The number of rotatable bonds is 6. The molecule has 0 saturated carbocycles. The lowest BCUT2D eigenvalue weighted by Gasteiger charge is -2.07. The summed E-state index contributed by atoms with van der Waals surface area (Å²) in [7, 11) is -3.49. The molecule has 0 fully saturated rings. The number of nitrogens with one attached hydrogen (secondary N) is 2. The summed E-state index contributed by atoms with van der Waals surface area (Å²) in [6.45, 7) is 0. The van der Waals surface area contributed by atoms with Gasteiger partial charge in [-0.1, -0.05) is 23.2 Å². The number of halogens is 6. The lowest BCUT2D eigenvalue weighted by Crippen LogP contribution is -2.06. The van der Waals surface area contributed by atoms with Gasteiger partial charge < -0.3 is 10.6 Å². The molecule has 2 aromatic carbocycles. The highest BCUT2D eigenvalue weighted by atomic mass is 79.9. The van der Waals surface area contributed by atoms with E-state index in [1.807, 2.05) is 6.26 Å². The predicted molar refractivity (Wildman–Crippen MR) is 154 cm³/mol. The topological polar surface area (TPSA) is 110 Å². The molecule has 0 bridgehead atoms. The third-order valence-electron chi connectivity index (χ3n) is 4.32. The third kappa shape index (κ3) is 8.45. The fourth-order valence-electron chi connectivity index (χ4n) is 2.63. The van der Waals surface area contributed by atoms with Crippen molar-refractivity contribution in [2.45, 2.75) is 10.1 Å². The van der Waals surface area contributed by atoms with Crippen molar-refractivity contribution in [2.75, 3.05) is 23.1 Å². The van der Waals surface area contributed by atoms with Crippen LogP contribution in [-0.2, 0) is 9.84 Å². The normalized spacial score (nSPS) is 10.9. The van der Waals surface area contributed by atoms with Gasteiger partial charge in [-0.3, -0.25) is 0 Å². The van der Waals surface area contributed by atoms with Gasteiger partial charge in [0.05, 0.1) is 19.0 Å². The molecule has 2 heterocycles. The summed E-state index contributed by atoms with van der Waals surface area (Å²) in [5, 5.41) is 6.40. The first kappa shape index (κ1) is 30.4. The Hall–Kier alpha value is -2.10. The van der Waals surface area contributed by atoms with Crippen LogP contribution in [0.2, 0.25) is 10.0 Å². The first-order valence-corrected chi connectivity index (χ1v) is 15.6. The molecule has 16 heteroatoms. The van der Waals surface area contributed by atoms with Crippen LogP contribution in [0.15, 0.2) is 67.8 Å². The Bertz CT molecular complexity index is 1590. The molecule has 200 valence electrons. The molecule has 2 aromatic heterocycles. The van der Waals surface area contributed by atoms with Gasteiger partial charge in [0.1, 0.15) is 16.7 Å². The van der Waals surface area contributed by atoms with Crippen LogP contribution in [0.5, 0.6) is 0 Å². The average molecular weight is 729 g/mol. The maximum absolute atomic E-state index is 13.0. The molecule has 0 spiro atoms. The first-order valence-electron chi connectivity index (χ1n) is 10.1. The maximum Gasteiger partial charge on any atom is 0.228 e. The molecule has 0 aliphatic heterocycles. The highest BCUT2D eigenvalue weighted by molar-refractivity contribution is 9.10. The van der Waals surface area contributed by atoms with Gasteiger partial charge in [0.25, 0.3) is 0 Å². The third-order valence-corrected chi connectivity index (χ3v) is 8.30. The average Bonchev–Trinajstić information content (AvgIpc) is 2.86. The summed E-state index contributed by atoms with van der Waals surface area (Å²) in [4.78, 5) is 16.2. The van der Waals surface area contributed by atoms with Crippen molar-refractivity contribution in [3.8, 4) is 0 Å². The van der Waals surface area contributed by atoms with Gasteiger partial charge >= 0.3 is 0 Å². The number of benzene rings is 2. The number of hydrogen-bond donors (Lipinski definition) is 2.